The first kappa shape index (κ1) is 26.3. The predicted molar refractivity (Wildman–Crippen MR) is 141 cm³/mol. The van der Waals surface area contributed by atoms with Gasteiger partial charge in [-0.3, -0.25) is 0 Å². The van der Waals surface area contributed by atoms with Gasteiger partial charge in [0.25, 0.3) is 0 Å². The molecule has 1 unspecified atom stereocenters. The molecule has 1 aliphatic heterocycles. The van der Waals surface area contributed by atoms with Crippen LogP contribution in [0.1, 0.15) is 30.0 Å². The third-order valence-electron chi connectivity index (χ3n) is 5.35. The van der Waals surface area contributed by atoms with Crippen molar-refractivity contribution in [2.24, 2.45) is 10.9 Å². The largest absolute Gasteiger partial charge is 0.496 e. The van der Waals surface area contributed by atoms with Gasteiger partial charge in [0, 0.05) is 31.2 Å². The van der Waals surface area contributed by atoms with Gasteiger partial charge in [-0.1, -0.05) is 30.3 Å². The molecule has 1 fully saturated rings. The van der Waals surface area contributed by atoms with Crippen molar-refractivity contribution in [3.05, 3.63) is 59.2 Å². The second-order valence-electron chi connectivity index (χ2n) is 7.84. The van der Waals surface area contributed by atoms with Gasteiger partial charge in [-0.25, -0.2) is 4.99 Å². The molecule has 3 rings (SSSR count). The van der Waals surface area contributed by atoms with Gasteiger partial charge in [0.2, 0.25) is 0 Å². The second-order valence-corrected chi connectivity index (χ2v) is 7.84. The van der Waals surface area contributed by atoms with E-state index in [1.54, 1.807) is 7.11 Å². The van der Waals surface area contributed by atoms with Gasteiger partial charge in [0.05, 0.1) is 26.9 Å². The van der Waals surface area contributed by atoms with Gasteiger partial charge in [-0.05, 0) is 49.9 Å². The van der Waals surface area contributed by atoms with Crippen LogP contribution in [0.25, 0.3) is 0 Å². The molecule has 32 heavy (non-hydrogen) atoms. The van der Waals surface area contributed by atoms with Gasteiger partial charge in [-0.2, -0.15) is 0 Å². The van der Waals surface area contributed by atoms with Crippen molar-refractivity contribution in [1.82, 2.24) is 10.6 Å². The monoisotopic (exact) mass is 553 g/mol. The Morgan fingerprint density at radius 1 is 1.12 bits per heavy atom. The molecular formula is C25H36IN3O3. The topological polar surface area (TPSA) is 64.1 Å². The fourth-order valence-corrected chi connectivity index (χ4v) is 3.58. The Morgan fingerprint density at radius 3 is 2.72 bits per heavy atom. The number of benzene rings is 2. The molecule has 1 saturated heterocycles. The molecule has 1 heterocycles. The summed E-state index contributed by atoms with van der Waals surface area (Å²) in [6.07, 6.45) is 1.93. The van der Waals surface area contributed by atoms with Crippen LogP contribution < -0.4 is 20.1 Å². The van der Waals surface area contributed by atoms with Gasteiger partial charge in [0.1, 0.15) is 11.5 Å². The van der Waals surface area contributed by atoms with Gasteiger partial charge >= 0.3 is 0 Å². The highest BCUT2D eigenvalue weighted by molar-refractivity contribution is 14.0. The number of para-hydroxylation sites is 1. The molecule has 2 aromatic rings. The second kappa shape index (κ2) is 14.2. The number of ether oxygens (including phenoxy) is 3. The summed E-state index contributed by atoms with van der Waals surface area (Å²) >= 11 is 0. The molecule has 2 aromatic carbocycles. The first-order valence-corrected chi connectivity index (χ1v) is 11.1. The molecule has 0 saturated carbocycles. The van der Waals surface area contributed by atoms with Crippen LogP contribution in [0.15, 0.2) is 47.5 Å². The van der Waals surface area contributed by atoms with Crippen LogP contribution in [-0.2, 0) is 17.7 Å². The minimum absolute atomic E-state index is 0. The molecular weight excluding hydrogens is 517 g/mol. The smallest absolute Gasteiger partial charge is 0.191 e. The number of nitrogens with one attached hydrogen (secondary N) is 2. The summed E-state index contributed by atoms with van der Waals surface area (Å²) in [5, 5.41) is 6.75. The Bertz CT molecular complexity index is 854. The maximum absolute atomic E-state index is 6.15. The summed E-state index contributed by atoms with van der Waals surface area (Å²) in [6, 6.07) is 14.4. The highest BCUT2D eigenvalue weighted by Gasteiger charge is 2.17. The summed E-state index contributed by atoms with van der Waals surface area (Å²) in [5.41, 5.74) is 3.46. The van der Waals surface area contributed by atoms with Crippen LogP contribution in [-0.4, -0.2) is 46.0 Å². The van der Waals surface area contributed by atoms with Crippen LogP contribution in [0.3, 0.4) is 0 Å². The molecule has 0 aliphatic carbocycles. The lowest BCUT2D eigenvalue weighted by atomic mass is 10.1. The molecule has 0 bridgehead atoms. The average molecular weight is 553 g/mol. The molecule has 1 atom stereocenters. The zero-order valence-corrected chi connectivity index (χ0v) is 21.7. The standard InChI is InChI=1S/C25H35N3O3.HI/c1-4-26-25(27-13-11-21-7-5-6-8-23(21)29-3)28-16-22-10-9-19(2)15-24(22)31-18-20-12-14-30-17-20;/h5-10,15,20H,4,11-14,16-18H2,1-3H3,(H2,26,27,28);1H. The van der Waals surface area contributed by atoms with E-state index in [-0.39, 0.29) is 24.0 Å². The Kier molecular flexibility index (Phi) is 11.7. The summed E-state index contributed by atoms with van der Waals surface area (Å²) in [7, 11) is 1.71. The quantitative estimate of drug-likeness (QED) is 0.261. The highest BCUT2D eigenvalue weighted by atomic mass is 127. The summed E-state index contributed by atoms with van der Waals surface area (Å²) < 4.78 is 17.1. The minimum atomic E-state index is 0. The number of methoxy groups -OCH3 is 1. The van der Waals surface area contributed by atoms with E-state index in [4.69, 9.17) is 19.2 Å². The maximum atomic E-state index is 6.15. The van der Waals surface area contributed by atoms with Crippen LogP contribution in [0.5, 0.6) is 11.5 Å². The molecule has 2 N–H and O–H groups in total. The molecule has 0 amide bonds. The number of aliphatic imine (C=N–C) groups is 1. The number of aryl methyl sites for hydroxylation is 1. The van der Waals surface area contributed by atoms with Crippen molar-refractivity contribution in [3.8, 4) is 11.5 Å². The van der Waals surface area contributed by atoms with Gasteiger partial charge in [-0.15, -0.1) is 24.0 Å². The highest BCUT2D eigenvalue weighted by Crippen LogP contribution is 2.23. The van der Waals surface area contributed by atoms with E-state index in [0.29, 0.717) is 19.1 Å². The third-order valence-corrected chi connectivity index (χ3v) is 5.35. The SMILES string of the molecule is CCNC(=NCc1ccc(C)cc1OCC1CCOC1)NCCc1ccccc1OC.I. The van der Waals surface area contributed by atoms with E-state index >= 15 is 0 Å². The normalized spacial score (nSPS) is 15.7. The molecule has 0 spiro atoms. The number of hydrogen-bond donors (Lipinski definition) is 2. The molecule has 0 aromatic heterocycles. The number of nitrogens with zero attached hydrogens (tertiary/aromatic N) is 1. The Hall–Kier alpha value is -2.00. The van der Waals surface area contributed by atoms with Crippen LogP contribution in [0.4, 0.5) is 0 Å². The summed E-state index contributed by atoms with van der Waals surface area (Å²) in [6.45, 7) is 8.61. The predicted octanol–water partition coefficient (Wildman–Crippen LogP) is 4.33. The third kappa shape index (κ3) is 8.16. The Morgan fingerprint density at radius 2 is 1.97 bits per heavy atom. The van der Waals surface area contributed by atoms with Gasteiger partial charge < -0.3 is 24.8 Å². The maximum Gasteiger partial charge on any atom is 0.191 e. The lowest BCUT2D eigenvalue weighted by Gasteiger charge is -2.15. The molecule has 6 nitrogen and oxygen atoms in total. The van der Waals surface area contributed by atoms with E-state index in [9.17, 15) is 0 Å². The number of rotatable bonds is 10. The Labute approximate surface area is 209 Å². The van der Waals surface area contributed by atoms with E-state index in [1.807, 2.05) is 18.2 Å². The molecule has 1 aliphatic rings. The zero-order valence-electron chi connectivity index (χ0n) is 19.4. The van der Waals surface area contributed by atoms with Crippen molar-refractivity contribution in [1.29, 1.82) is 0 Å². The minimum Gasteiger partial charge on any atom is -0.496 e. The fourth-order valence-electron chi connectivity index (χ4n) is 3.58. The van der Waals surface area contributed by atoms with Crippen molar-refractivity contribution in [2.45, 2.75) is 33.2 Å². The average Bonchev–Trinajstić information content (AvgIpc) is 3.31. The number of hydrogen-bond acceptors (Lipinski definition) is 4. The van der Waals surface area contributed by atoms with E-state index in [2.05, 4.69) is 48.7 Å². The van der Waals surface area contributed by atoms with E-state index in [0.717, 1.165) is 62.2 Å². The van der Waals surface area contributed by atoms with E-state index < -0.39 is 0 Å². The summed E-state index contributed by atoms with van der Waals surface area (Å²) in [4.78, 5) is 4.79. The molecule has 0 radical (unpaired) electrons. The first-order chi connectivity index (χ1) is 15.2. The van der Waals surface area contributed by atoms with Crippen molar-refractivity contribution < 1.29 is 14.2 Å². The van der Waals surface area contributed by atoms with E-state index in [1.165, 1.54) is 11.1 Å². The molecule has 7 heteroatoms. The van der Waals surface area contributed by atoms with Crippen molar-refractivity contribution >= 4 is 29.9 Å². The lowest BCUT2D eigenvalue weighted by Crippen LogP contribution is -2.38. The fraction of sp³-hybridized carbons (Fsp3) is 0.480. The van der Waals surface area contributed by atoms with Crippen LogP contribution in [0.2, 0.25) is 0 Å². The van der Waals surface area contributed by atoms with Crippen LogP contribution in [0, 0.1) is 12.8 Å². The van der Waals surface area contributed by atoms with Crippen molar-refractivity contribution in [2.75, 3.05) is 40.0 Å². The lowest BCUT2D eigenvalue weighted by molar-refractivity contribution is 0.166. The van der Waals surface area contributed by atoms with Crippen molar-refractivity contribution in [3.63, 3.8) is 0 Å². The summed E-state index contributed by atoms with van der Waals surface area (Å²) in [5.74, 6) is 3.11. The zero-order chi connectivity index (χ0) is 21.9. The number of halogens is 1. The van der Waals surface area contributed by atoms with Gasteiger partial charge in [0.15, 0.2) is 5.96 Å². The molecule has 176 valence electrons. The number of guanidine groups is 1. The first-order valence-electron chi connectivity index (χ1n) is 11.1. The Balaban J connectivity index is 0.00000363. The van der Waals surface area contributed by atoms with Crippen LogP contribution >= 0.6 is 24.0 Å².